The zero-order chi connectivity index (χ0) is 42.8. The topological polar surface area (TPSA) is 201 Å². The van der Waals surface area contributed by atoms with Crippen LogP contribution in [0.4, 0.5) is 4.79 Å². The Bertz CT molecular complexity index is 1600. The number of unbranched alkanes of at least 4 members (excludes halogenated alkanes) is 2. The summed E-state index contributed by atoms with van der Waals surface area (Å²) in [6, 6.07) is 15.0. The van der Waals surface area contributed by atoms with Gasteiger partial charge in [-0.1, -0.05) is 75.7 Å². The van der Waals surface area contributed by atoms with Crippen LogP contribution in [0.15, 0.2) is 48.5 Å². The van der Waals surface area contributed by atoms with Gasteiger partial charge in [0.05, 0.1) is 6.10 Å². The summed E-state index contributed by atoms with van der Waals surface area (Å²) in [5, 5.41) is 20.0. The maximum Gasteiger partial charge on any atom is 0.407 e. The van der Waals surface area contributed by atoms with Gasteiger partial charge in [-0.2, -0.15) is 0 Å². The summed E-state index contributed by atoms with van der Waals surface area (Å²) in [6.45, 7) is 15.8. The van der Waals surface area contributed by atoms with E-state index in [9.17, 15) is 29.1 Å². The van der Waals surface area contributed by atoms with Gasteiger partial charge in [-0.3, -0.25) is 19.3 Å². The summed E-state index contributed by atoms with van der Waals surface area (Å²) >= 11 is 0. The second-order valence-electron chi connectivity index (χ2n) is 16.8. The molecule has 1 fully saturated rings. The van der Waals surface area contributed by atoms with Crippen molar-refractivity contribution in [2.75, 3.05) is 26.2 Å². The number of rotatable bonds is 22. The van der Waals surface area contributed by atoms with Gasteiger partial charge >= 0.3 is 12.1 Å². The molecule has 1 aliphatic rings. The summed E-state index contributed by atoms with van der Waals surface area (Å²) in [5.74, 6) is -3.32. The van der Waals surface area contributed by atoms with Crippen LogP contribution >= 0.6 is 0 Å². The van der Waals surface area contributed by atoms with Crippen molar-refractivity contribution in [1.82, 2.24) is 26.2 Å². The first-order valence-corrected chi connectivity index (χ1v) is 20.8. The molecular formula is C44H68N6O8. The first-order chi connectivity index (χ1) is 27.4. The maximum absolute atomic E-state index is 13.6. The molecule has 0 unspecified atom stereocenters. The number of aliphatic carboxylic acids is 1. The van der Waals surface area contributed by atoms with E-state index < -0.39 is 53.8 Å². The lowest BCUT2D eigenvalue weighted by molar-refractivity contribution is -0.142. The SMILES string of the molecule is CCCCc1ccc(-c2ccc(CN3CCC(C(=O)N[C@H](C(=O)N[C@@H](N)C(=O)N[C@@H](CCCCNC(=O)OC(C)(C)C)C(=O)O)[C@@H](C)OCC(C)C)CC3)cc2)cc1. The Morgan fingerprint density at radius 3 is 2.00 bits per heavy atom. The number of nitrogens with one attached hydrogen (secondary N) is 4. The number of carbonyl (C=O) groups excluding carboxylic acids is 4. The number of piperidine rings is 1. The third kappa shape index (κ3) is 17.1. The molecule has 0 saturated carbocycles. The quantitative estimate of drug-likeness (QED) is 0.0685. The highest BCUT2D eigenvalue weighted by Crippen LogP contribution is 2.24. The molecule has 4 amide bonds. The number of amides is 4. The summed E-state index contributed by atoms with van der Waals surface area (Å²) in [7, 11) is 0. The normalized spacial score (nSPS) is 15.8. The van der Waals surface area contributed by atoms with Crippen LogP contribution in [-0.4, -0.2) is 96.0 Å². The Labute approximate surface area is 344 Å². The number of hydrogen-bond donors (Lipinski definition) is 6. The van der Waals surface area contributed by atoms with E-state index in [2.05, 4.69) is 81.6 Å². The minimum atomic E-state index is -1.59. The number of nitrogens with two attached hydrogens (primary N) is 1. The predicted molar refractivity (Wildman–Crippen MR) is 224 cm³/mol. The molecule has 14 heteroatoms. The average molecular weight is 809 g/mol. The Kier molecular flexibility index (Phi) is 19.6. The average Bonchev–Trinajstić information content (AvgIpc) is 3.17. The minimum Gasteiger partial charge on any atom is -0.480 e. The molecule has 1 saturated heterocycles. The van der Waals surface area contributed by atoms with Crippen molar-refractivity contribution < 1.29 is 38.6 Å². The van der Waals surface area contributed by atoms with Crippen LogP contribution in [0.5, 0.6) is 0 Å². The van der Waals surface area contributed by atoms with E-state index in [1.165, 1.54) is 35.1 Å². The predicted octanol–water partition coefficient (Wildman–Crippen LogP) is 5.12. The highest BCUT2D eigenvalue weighted by molar-refractivity contribution is 5.93. The first kappa shape index (κ1) is 47.8. The van der Waals surface area contributed by atoms with Gasteiger partial charge in [-0.25, -0.2) is 9.59 Å². The van der Waals surface area contributed by atoms with E-state index in [1.54, 1.807) is 27.7 Å². The molecule has 322 valence electrons. The van der Waals surface area contributed by atoms with Crippen LogP contribution < -0.4 is 27.0 Å². The molecule has 58 heavy (non-hydrogen) atoms. The van der Waals surface area contributed by atoms with Crippen LogP contribution in [0.2, 0.25) is 0 Å². The lowest BCUT2D eigenvalue weighted by Crippen LogP contribution is -2.61. The number of benzene rings is 2. The van der Waals surface area contributed by atoms with E-state index in [0.29, 0.717) is 45.4 Å². The van der Waals surface area contributed by atoms with E-state index in [-0.39, 0.29) is 30.7 Å². The summed E-state index contributed by atoms with van der Waals surface area (Å²) < 4.78 is 11.1. The Morgan fingerprint density at radius 2 is 1.45 bits per heavy atom. The van der Waals surface area contributed by atoms with Gasteiger partial charge in [0.25, 0.3) is 5.91 Å². The third-order valence-corrected chi connectivity index (χ3v) is 9.95. The molecule has 2 aromatic carbocycles. The van der Waals surface area contributed by atoms with E-state index >= 15 is 0 Å². The van der Waals surface area contributed by atoms with Crippen LogP contribution in [0.3, 0.4) is 0 Å². The Hall–Kier alpha value is -4.53. The fourth-order valence-electron chi connectivity index (χ4n) is 6.57. The summed E-state index contributed by atoms with van der Waals surface area (Å²) in [6.07, 6.45) is 2.67. The van der Waals surface area contributed by atoms with Crippen molar-refractivity contribution in [3.8, 4) is 11.1 Å². The zero-order valence-electron chi connectivity index (χ0n) is 35.6. The molecule has 0 radical (unpaired) electrons. The molecule has 1 heterocycles. The Morgan fingerprint density at radius 1 is 0.845 bits per heavy atom. The molecule has 14 nitrogen and oxygen atoms in total. The molecule has 4 atom stereocenters. The largest absolute Gasteiger partial charge is 0.480 e. The van der Waals surface area contributed by atoms with Crippen molar-refractivity contribution in [3.05, 3.63) is 59.7 Å². The maximum atomic E-state index is 13.6. The number of aryl methyl sites for hydroxylation is 1. The molecule has 0 aliphatic carbocycles. The Balaban J connectivity index is 1.51. The van der Waals surface area contributed by atoms with Crippen molar-refractivity contribution in [2.24, 2.45) is 17.6 Å². The lowest BCUT2D eigenvalue weighted by atomic mass is 9.94. The number of alkyl carbamates (subject to hydrolysis) is 1. The molecule has 2 aromatic rings. The van der Waals surface area contributed by atoms with Gasteiger partial charge in [0, 0.05) is 25.6 Å². The standard InChI is InChI=1S/C44H68N6O8/c1-8-9-12-31-14-18-33(19-15-31)34-20-16-32(17-21-34)27-50-25-22-35(23-26-50)39(51)48-37(30(4)57-28-29(2)3)40(52)49-38(45)41(53)47-36(42(54)55)13-10-11-24-46-43(56)58-44(5,6)7/h14-21,29-30,35-38H,8-13,22-28,45H2,1-7H3,(H,46,56)(H,47,53)(H,48,51)(H,49,52)(H,54,55)/t30-,36+,37+,38-/m1/s1. The monoisotopic (exact) mass is 809 g/mol. The second kappa shape index (κ2) is 23.8. The molecule has 0 spiro atoms. The van der Waals surface area contributed by atoms with Crippen LogP contribution in [0, 0.1) is 11.8 Å². The zero-order valence-corrected chi connectivity index (χ0v) is 35.6. The van der Waals surface area contributed by atoms with E-state index in [4.69, 9.17) is 15.2 Å². The number of carboxylic acids is 1. The van der Waals surface area contributed by atoms with Crippen molar-refractivity contribution in [1.29, 1.82) is 0 Å². The molecule has 1 aliphatic heterocycles. The second-order valence-corrected chi connectivity index (χ2v) is 16.8. The number of ether oxygens (including phenoxy) is 2. The highest BCUT2D eigenvalue weighted by Gasteiger charge is 2.34. The van der Waals surface area contributed by atoms with Crippen LogP contribution in [0.1, 0.15) is 105 Å². The fourth-order valence-corrected chi connectivity index (χ4v) is 6.57. The summed E-state index contributed by atoms with van der Waals surface area (Å²) in [5.41, 5.74) is 10.3. The van der Waals surface area contributed by atoms with Crippen molar-refractivity contribution >= 4 is 29.8 Å². The third-order valence-electron chi connectivity index (χ3n) is 9.95. The van der Waals surface area contributed by atoms with Crippen LogP contribution in [0.25, 0.3) is 11.1 Å². The molecule has 3 rings (SSSR count). The number of carbonyl (C=O) groups is 5. The molecule has 0 aromatic heterocycles. The number of likely N-dealkylation sites (tertiary alicyclic amines) is 1. The minimum absolute atomic E-state index is 0.0653. The van der Waals surface area contributed by atoms with Crippen molar-refractivity contribution in [2.45, 2.75) is 136 Å². The lowest BCUT2D eigenvalue weighted by Gasteiger charge is -2.33. The van der Waals surface area contributed by atoms with Gasteiger partial charge in [-0.15, -0.1) is 0 Å². The molecule has 0 bridgehead atoms. The van der Waals surface area contributed by atoms with E-state index in [0.717, 1.165) is 13.0 Å². The molecular weight excluding hydrogens is 741 g/mol. The fraction of sp³-hybridized carbons (Fsp3) is 0.614. The van der Waals surface area contributed by atoms with E-state index in [1.807, 2.05) is 13.8 Å². The highest BCUT2D eigenvalue weighted by atomic mass is 16.6. The number of nitrogens with zero attached hydrogens (tertiary/aromatic N) is 1. The van der Waals surface area contributed by atoms with Gasteiger partial charge < -0.3 is 41.6 Å². The number of hydrogen-bond acceptors (Lipinski definition) is 9. The van der Waals surface area contributed by atoms with Crippen molar-refractivity contribution in [3.63, 3.8) is 0 Å². The van der Waals surface area contributed by atoms with Gasteiger partial charge in [0.2, 0.25) is 11.8 Å². The number of carboxylic acid groups (broad SMARTS) is 1. The first-order valence-electron chi connectivity index (χ1n) is 20.8. The van der Waals surface area contributed by atoms with Crippen LogP contribution in [-0.2, 0) is 41.6 Å². The van der Waals surface area contributed by atoms with Gasteiger partial charge in [0.15, 0.2) is 6.17 Å². The molecule has 7 N–H and O–H groups in total. The van der Waals surface area contributed by atoms with Gasteiger partial charge in [-0.05, 0) is 114 Å². The summed E-state index contributed by atoms with van der Waals surface area (Å²) in [4.78, 5) is 66.2. The smallest absolute Gasteiger partial charge is 0.407 e. The van der Waals surface area contributed by atoms with Gasteiger partial charge in [0.1, 0.15) is 17.7 Å².